The molecule has 1 heterocycles. The van der Waals surface area contributed by atoms with Crippen molar-refractivity contribution < 1.29 is 4.79 Å². The molecule has 0 saturated heterocycles. The second-order valence-electron chi connectivity index (χ2n) is 3.24. The van der Waals surface area contributed by atoms with Crippen LogP contribution in [0.1, 0.15) is 12.2 Å². The Morgan fingerprint density at radius 2 is 2.43 bits per heavy atom. The molecule has 0 fully saturated rings. The van der Waals surface area contributed by atoms with E-state index in [1.807, 2.05) is 17.8 Å². The average Bonchev–Trinajstić information content (AvgIpc) is 2.52. The zero-order chi connectivity index (χ0) is 10.6. The van der Waals surface area contributed by atoms with E-state index >= 15 is 0 Å². The van der Waals surface area contributed by atoms with Gasteiger partial charge in [0.15, 0.2) is 0 Å². The Bertz CT molecular complexity index is 308. The number of carbonyl (C=O) groups excluding carboxylic acids is 1. The van der Waals surface area contributed by atoms with E-state index in [-0.39, 0.29) is 5.91 Å². The fourth-order valence-electron chi connectivity index (χ4n) is 1.16. The number of hydrogen-bond acceptors (Lipinski definition) is 3. The lowest BCUT2D eigenvalue weighted by molar-refractivity contribution is -0.130. The molecule has 1 amide bonds. The van der Waals surface area contributed by atoms with Crippen molar-refractivity contribution in [3.05, 3.63) is 18.2 Å². The Morgan fingerprint density at radius 3 is 2.93 bits per heavy atom. The number of nitrogens with zero attached hydrogens (tertiary/aromatic N) is 3. The summed E-state index contributed by atoms with van der Waals surface area (Å²) in [4.78, 5) is 17.2. The lowest BCUT2D eigenvalue weighted by atomic mass is 10.3. The minimum Gasteiger partial charge on any atom is -0.338 e. The SMILES string of the molecule is CN(Cc1nccn1C)C(=O)CCN. The van der Waals surface area contributed by atoms with Crippen molar-refractivity contribution in [2.24, 2.45) is 12.8 Å². The molecule has 0 unspecified atom stereocenters. The summed E-state index contributed by atoms with van der Waals surface area (Å²) in [5.74, 6) is 0.924. The molecule has 0 aliphatic carbocycles. The molecule has 14 heavy (non-hydrogen) atoms. The van der Waals surface area contributed by atoms with Gasteiger partial charge in [0.25, 0.3) is 0 Å². The highest BCUT2D eigenvalue weighted by atomic mass is 16.2. The van der Waals surface area contributed by atoms with E-state index in [9.17, 15) is 4.79 Å². The van der Waals surface area contributed by atoms with E-state index in [0.717, 1.165) is 5.82 Å². The van der Waals surface area contributed by atoms with E-state index < -0.39 is 0 Å². The molecule has 1 aromatic rings. The highest BCUT2D eigenvalue weighted by Crippen LogP contribution is 2.00. The van der Waals surface area contributed by atoms with Crippen LogP contribution in [-0.4, -0.2) is 34.0 Å². The third kappa shape index (κ3) is 2.56. The average molecular weight is 196 g/mol. The summed E-state index contributed by atoms with van der Waals surface area (Å²) in [6.07, 6.45) is 3.97. The first kappa shape index (κ1) is 10.7. The third-order valence-corrected chi connectivity index (χ3v) is 2.08. The Kier molecular flexibility index (Phi) is 3.64. The van der Waals surface area contributed by atoms with Gasteiger partial charge in [-0.15, -0.1) is 0 Å². The third-order valence-electron chi connectivity index (χ3n) is 2.08. The second-order valence-corrected chi connectivity index (χ2v) is 3.24. The van der Waals surface area contributed by atoms with Crippen molar-refractivity contribution >= 4 is 5.91 Å². The minimum atomic E-state index is 0.0514. The van der Waals surface area contributed by atoms with E-state index in [1.165, 1.54) is 0 Å². The van der Waals surface area contributed by atoms with Crippen LogP contribution in [0.3, 0.4) is 0 Å². The van der Waals surface area contributed by atoms with Crippen LogP contribution < -0.4 is 5.73 Å². The molecule has 5 heteroatoms. The maximum Gasteiger partial charge on any atom is 0.223 e. The van der Waals surface area contributed by atoms with Crippen LogP contribution in [0.2, 0.25) is 0 Å². The molecule has 0 aromatic carbocycles. The zero-order valence-corrected chi connectivity index (χ0v) is 8.60. The summed E-state index contributed by atoms with van der Waals surface area (Å²) < 4.78 is 1.90. The predicted molar refractivity (Wildman–Crippen MR) is 53.4 cm³/mol. The standard InChI is InChI=1S/C9H16N4O/c1-12-6-5-11-8(12)7-13(2)9(14)3-4-10/h5-6H,3-4,7,10H2,1-2H3. The summed E-state index contributed by atoms with van der Waals surface area (Å²) in [5.41, 5.74) is 5.30. The largest absolute Gasteiger partial charge is 0.338 e. The Hall–Kier alpha value is -1.36. The van der Waals surface area contributed by atoms with Gasteiger partial charge in [-0.2, -0.15) is 0 Å². The number of amides is 1. The van der Waals surface area contributed by atoms with Crippen molar-refractivity contribution in [3.8, 4) is 0 Å². The number of rotatable bonds is 4. The molecular formula is C9H16N4O. The van der Waals surface area contributed by atoms with E-state index in [2.05, 4.69) is 4.98 Å². The van der Waals surface area contributed by atoms with Crippen molar-refractivity contribution in [2.45, 2.75) is 13.0 Å². The van der Waals surface area contributed by atoms with Crippen LogP contribution in [0, 0.1) is 0 Å². The number of nitrogens with two attached hydrogens (primary N) is 1. The molecule has 78 valence electrons. The highest BCUT2D eigenvalue weighted by molar-refractivity contribution is 5.75. The van der Waals surface area contributed by atoms with Crippen molar-refractivity contribution in [1.82, 2.24) is 14.5 Å². The van der Waals surface area contributed by atoms with Crippen LogP contribution in [0.4, 0.5) is 0 Å². The van der Waals surface area contributed by atoms with Crippen LogP contribution in [0.5, 0.6) is 0 Å². The van der Waals surface area contributed by atoms with Gasteiger partial charge in [0.1, 0.15) is 5.82 Å². The second kappa shape index (κ2) is 4.76. The number of imidazole rings is 1. The molecule has 0 radical (unpaired) electrons. The fourth-order valence-corrected chi connectivity index (χ4v) is 1.16. The first-order valence-corrected chi connectivity index (χ1v) is 4.55. The first-order valence-electron chi connectivity index (χ1n) is 4.55. The lowest BCUT2D eigenvalue weighted by Crippen LogP contribution is -2.29. The normalized spacial score (nSPS) is 10.2. The zero-order valence-electron chi connectivity index (χ0n) is 8.60. The summed E-state index contributed by atoms with van der Waals surface area (Å²) >= 11 is 0. The lowest BCUT2D eigenvalue weighted by Gasteiger charge is -2.16. The van der Waals surface area contributed by atoms with E-state index in [0.29, 0.717) is 19.5 Å². The van der Waals surface area contributed by atoms with E-state index in [1.54, 1.807) is 18.1 Å². The number of carbonyl (C=O) groups is 1. The molecule has 0 atom stereocenters. The Morgan fingerprint density at radius 1 is 1.71 bits per heavy atom. The molecule has 2 N–H and O–H groups in total. The minimum absolute atomic E-state index is 0.0514. The van der Waals surface area contributed by atoms with Gasteiger partial charge in [0.05, 0.1) is 6.54 Å². The highest BCUT2D eigenvalue weighted by Gasteiger charge is 2.09. The number of aryl methyl sites for hydroxylation is 1. The van der Waals surface area contributed by atoms with Crippen molar-refractivity contribution in [2.75, 3.05) is 13.6 Å². The smallest absolute Gasteiger partial charge is 0.223 e. The van der Waals surface area contributed by atoms with Crippen LogP contribution in [0.25, 0.3) is 0 Å². The molecule has 5 nitrogen and oxygen atoms in total. The van der Waals surface area contributed by atoms with Gasteiger partial charge in [0.2, 0.25) is 5.91 Å². The fraction of sp³-hybridized carbons (Fsp3) is 0.556. The summed E-state index contributed by atoms with van der Waals surface area (Å²) in [6, 6.07) is 0. The summed E-state index contributed by atoms with van der Waals surface area (Å²) in [7, 11) is 3.66. The molecule has 0 saturated carbocycles. The Balaban J connectivity index is 2.52. The molecular weight excluding hydrogens is 180 g/mol. The summed E-state index contributed by atoms with van der Waals surface area (Å²) in [5, 5.41) is 0. The molecule has 0 bridgehead atoms. The molecule has 0 spiro atoms. The van der Waals surface area contributed by atoms with E-state index in [4.69, 9.17) is 5.73 Å². The van der Waals surface area contributed by atoms with Gasteiger partial charge in [-0.05, 0) is 0 Å². The Labute approximate surface area is 83.5 Å². The van der Waals surface area contributed by atoms with Crippen molar-refractivity contribution in [1.29, 1.82) is 0 Å². The first-order chi connectivity index (χ1) is 6.65. The quantitative estimate of drug-likeness (QED) is 0.720. The van der Waals surface area contributed by atoms with Gasteiger partial charge < -0.3 is 15.2 Å². The molecule has 1 rings (SSSR count). The number of hydrogen-bond donors (Lipinski definition) is 1. The van der Waals surface area contributed by atoms with Gasteiger partial charge in [-0.3, -0.25) is 4.79 Å². The van der Waals surface area contributed by atoms with Crippen LogP contribution in [0.15, 0.2) is 12.4 Å². The van der Waals surface area contributed by atoms with Gasteiger partial charge >= 0.3 is 0 Å². The summed E-state index contributed by atoms with van der Waals surface area (Å²) in [6.45, 7) is 0.923. The molecule has 0 aliphatic rings. The molecule has 1 aromatic heterocycles. The number of aromatic nitrogens is 2. The van der Waals surface area contributed by atoms with Crippen LogP contribution in [-0.2, 0) is 18.4 Å². The van der Waals surface area contributed by atoms with Crippen LogP contribution >= 0.6 is 0 Å². The monoisotopic (exact) mass is 196 g/mol. The maximum absolute atomic E-state index is 11.4. The van der Waals surface area contributed by atoms with Crippen molar-refractivity contribution in [3.63, 3.8) is 0 Å². The van der Waals surface area contributed by atoms with Gasteiger partial charge in [0, 0.05) is 39.5 Å². The maximum atomic E-state index is 11.4. The van der Waals surface area contributed by atoms with Gasteiger partial charge in [-0.1, -0.05) is 0 Å². The molecule has 0 aliphatic heterocycles. The van der Waals surface area contributed by atoms with Gasteiger partial charge in [-0.25, -0.2) is 4.98 Å². The topological polar surface area (TPSA) is 64.2 Å². The predicted octanol–water partition coefficient (Wildman–Crippen LogP) is -0.273.